The Hall–Kier alpha value is -2.93. The second-order valence-corrected chi connectivity index (χ2v) is 8.98. The van der Waals surface area contributed by atoms with E-state index in [0.29, 0.717) is 0 Å². The lowest BCUT2D eigenvalue weighted by atomic mass is 10.2. The SMILES string of the molecule is CCOC(=O)[C@H]1CSC(=O)CCC(=O)SC[C@H](C(=O)OCC)NC(=O)c2cccc(n2)C(=O)N1. The highest BCUT2D eigenvalue weighted by atomic mass is 32.2. The summed E-state index contributed by atoms with van der Waals surface area (Å²) < 4.78 is 9.93. The molecule has 2 rings (SSSR count). The first-order valence-electron chi connectivity index (χ1n) is 10.5. The van der Waals surface area contributed by atoms with E-state index in [2.05, 4.69) is 15.6 Å². The first-order valence-corrected chi connectivity index (χ1v) is 12.5. The lowest BCUT2D eigenvalue weighted by molar-refractivity contribution is -0.145. The van der Waals surface area contributed by atoms with Crippen molar-refractivity contribution in [2.24, 2.45) is 0 Å². The van der Waals surface area contributed by atoms with Crippen LogP contribution in [0.15, 0.2) is 18.2 Å². The zero-order valence-electron chi connectivity index (χ0n) is 18.7. The molecule has 1 aliphatic rings. The number of hydrogen-bond donors (Lipinski definition) is 2. The van der Waals surface area contributed by atoms with Gasteiger partial charge in [0.25, 0.3) is 11.8 Å². The van der Waals surface area contributed by atoms with E-state index in [1.165, 1.54) is 18.2 Å². The van der Waals surface area contributed by atoms with Crippen LogP contribution < -0.4 is 10.6 Å². The number of nitrogens with zero attached hydrogens (tertiary/aromatic N) is 1. The average molecular weight is 512 g/mol. The van der Waals surface area contributed by atoms with Crippen LogP contribution in [0.1, 0.15) is 47.7 Å². The number of pyridine rings is 1. The zero-order valence-corrected chi connectivity index (χ0v) is 20.3. The van der Waals surface area contributed by atoms with Crippen molar-refractivity contribution in [3.63, 3.8) is 0 Å². The van der Waals surface area contributed by atoms with E-state index in [-0.39, 0.29) is 59.2 Å². The number of ether oxygens (including phenoxy) is 2. The Balaban J connectivity index is 2.33. The van der Waals surface area contributed by atoms with Gasteiger partial charge in [-0.1, -0.05) is 29.6 Å². The number of fused-ring (bicyclic) bond motifs is 2. The minimum Gasteiger partial charge on any atom is -0.464 e. The number of thioether (sulfide) groups is 2. The summed E-state index contributed by atoms with van der Waals surface area (Å²) in [7, 11) is 0. The Labute approximate surface area is 204 Å². The number of aromatic nitrogens is 1. The average Bonchev–Trinajstić information content (AvgIpc) is 2.82. The summed E-state index contributed by atoms with van der Waals surface area (Å²) in [6.45, 7) is 3.36. The normalized spacial score (nSPS) is 20.5. The van der Waals surface area contributed by atoms with Crippen LogP contribution in [0.2, 0.25) is 0 Å². The number of carbonyl (C=O) groups is 6. The van der Waals surface area contributed by atoms with Gasteiger partial charge in [-0.15, -0.1) is 0 Å². The number of rotatable bonds is 4. The van der Waals surface area contributed by atoms with Gasteiger partial charge in [0, 0.05) is 24.3 Å². The maximum Gasteiger partial charge on any atom is 0.329 e. The minimum atomic E-state index is -1.14. The van der Waals surface area contributed by atoms with E-state index < -0.39 is 35.8 Å². The molecule has 0 saturated heterocycles. The second kappa shape index (κ2) is 13.7. The monoisotopic (exact) mass is 511 g/mol. The van der Waals surface area contributed by atoms with Crippen molar-refractivity contribution in [2.75, 3.05) is 24.7 Å². The predicted molar refractivity (Wildman–Crippen MR) is 124 cm³/mol. The predicted octanol–water partition coefficient (Wildman–Crippen LogP) is 0.718. The topological polar surface area (TPSA) is 158 Å². The molecule has 0 aromatic carbocycles. The summed E-state index contributed by atoms with van der Waals surface area (Å²) in [4.78, 5) is 78.4. The largest absolute Gasteiger partial charge is 0.464 e. The van der Waals surface area contributed by atoms with E-state index in [1.807, 2.05) is 0 Å². The van der Waals surface area contributed by atoms with Crippen molar-refractivity contribution in [1.82, 2.24) is 15.6 Å². The molecule has 13 heteroatoms. The Kier molecular flexibility index (Phi) is 11.0. The van der Waals surface area contributed by atoms with Crippen molar-refractivity contribution in [1.29, 1.82) is 0 Å². The Morgan fingerprint density at radius 2 is 1.26 bits per heavy atom. The van der Waals surface area contributed by atoms with Gasteiger partial charge < -0.3 is 20.1 Å². The van der Waals surface area contributed by atoms with Crippen LogP contribution in [-0.2, 0) is 28.7 Å². The van der Waals surface area contributed by atoms with Crippen molar-refractivity contribution in [2.45, 2.75) is 38.8 Å². The quantitative estimate of drug-likeness (QED) is 0.549. The van der Waals surface area contributed by atoms with Crippen molar-refractivity contribution in [3.05, 3.63) is 29.6 Å². The number of carbonyl (C=O) groups excluding carboxylic acids is 6. The van der Waals surface area contributed by atoms with Gasteiger partial charge in [0.2, 0.25) is 0 Å². The molecule has 1 aromatic heterocycles. The second-order valence-electron chi connectivity index (χ2n) is 6.83. The Morgan fingerprint density at radius 3 is 1.65 bits per heavy atom. The molecule has 2 amide bonds. The maximum atomic E-state index is 12.7. The van der Waals surface area contributed by atoms with Crippen LogP contribution in [0.5, 0.6) is 0 Å². The standard InChI is InChI=1S/C21H25N3O8S2/c1-3-31-20(29)14-10-33-16(25)8-9-17(26)34-11-15(21(30)32-4-2)24-19(28)13-7-5-6-12(22-13)18(27)23-14/h5-7,14-15H,3-4,8-11H2,1-2H3,(H,23,27)(H,24,28)/t14-,15-/m1/s1. The number of amides is 2. The third-order valence-corrected chi connectivity index (χ3v) is 6.37. The van der Waals surface area contributed by atoms with Crippen LogP contribution in [-0.4, -0.2) is 75.8 Å². The molecule has 0 saturated carbocycles. The van der Waals surface area contributed by atoms with E-state index >= 15 is 0 Å². The maximum absolute atomic E-state index is 12.7. The molecule has 1 aliphatic heterocycles. The Bertz CT molecular complexity index is 884. The smallest absolute Gasteiger partial charge is 0.329 e. The fraction of sp³-hybridized carbons (Fsp3) is 0.476. The minimum absolute atomic E-state index is 0.0745. The molecule has 34 heavy (non-hydrogen) atoms. The Morgan fingerprint density at radius 1 is 0.853 bits per heavy atom. The van der Waals surface area contributed by atoms with Gasteiger partial charge in [-0.05, 0) is 26.0 Å². The van der Waals surface area contributed by atoms with Crippen LogP contribution in [0.25, 0.3) is 0 Å². The van der Waals surface area contributed by atoms with Gasteiger partial charge in [0.05, 0.1) is 13.2 Å². The van der Waals surface area contributed by atoms with Crippen molar-refractivity contribution in [3.8, 4) is 0 Å². The summed E-state index contributed by atoms with van der Waals surface area (Å²) in [5.41, 5.74) is -0.306. The molecule has 11 nitrogen and oxygen atoms in total. The highest BCUT2D eigenvalue weighted by Gasteiger charge is 2.27. The summed E-state index contributed by atoms with van der Waals surface area (Å²) >= 11 is 1.59. The molecule has 0 spiro atoms. The molecule has 184 valence electrons. The molecule has 0 fully saturated rings. The lowest BCUT2D eigenvalue weighted by Crippen LogP contribution is -2.45. The third-order valence-electron chi connectivity index (χ3n) is 4.32. The third kappa shape index (κ3) is 8.45. The number of esters is 2. The van der Waals surface area contributed by atoms with Gasteiger partial charge in [0.1, 0.15) is 23.5 Å². The zero-order chi connectivity index (χ0) is 25.1. The van der Waals surface area contributed by atoms with Crippen LogP contribution in [0.4, 0.5) is 0 Å². The molecular weight excluding hydrogens is 486 g/mol. The lowest BCUT2D eigenvalue weighted by Gasteiger charge is -2.17. The highest BCUT2D eigenvalue weighted by Crippen LogP contribution is 2.16. The van der Waals surface area contributed by atoms with Crippen LogP contribution in [0, 0.1) is 0 Å². The first kappa shape index (κ1) is 27.3. The molecule has 0 unspecified atom stereocenters. The summed E-state index contributed by atoms with van der Waals surface area (Å²) in [5.74, 6) is -3.17. The molecule has 2 bridgehead atoms. The molecular formula is C21H25N3O8S2. The van der Waals surface area contributed by atoms with Gasteiger partial charge in [-0.3, -0.25) is 19.2 Å². The van der Waals surface area contributed by atoms with E-state index in [0.717, 1.165) is 23.5 Å². The fourth-order valence-corrected chi connectivity index (χ4v) is 4.31. The molecule has 0 aliphatic carbocycles. The molecule has 2 atom stereocenters. The van der Waals surface area contributed by atoms with Gasteiger partial charge in [-0.25, -0.2) is 14.6 Å². The van der Waals surface area contributed by atoms with E-state index in [9.17, 15) is 28.8 Å². The van der Waals surface area contributed by atoms with Gasteiger partial charge in [-0.2, -0.15) is 0 Å². The van der Waals surface area contributed by atoms with E-state index in [1.54, 1.807) is 13.8 Å². The van der Waals surface area contributed by atoms with E-state index in [4.69, 9.17) is 9.47 Å². The summed E-state index contributed by atoms with van der Waals surface area (Å²) in [6, 6.07) is 1.82. The van der Waals surface area contributed by atoms with Crippen molar-refractivity contribution >= 4 is 57.5 Å². The molecule has 1 aromatic rings. The molecule has 2 N–H and O–H groups in total. The van der Waals surface area contributed by atoms with Crippen molar-refractivity contribution < 1.29 is 38.2 Å². The first-order chi connectivity index (χ1) is 16.2. The highest BCUT2D eigenvalue weighted by molar-refractivity contribution is 8.14. The van der Waals surface area contributed by atoms with Crippen LogP contribution >= 0.6 is 23.5 Å². The summed E-state index contributed by atoms with van der Waals surface area (Å²) in [6.07, 6.45) is -0.197. The number of nitrogens with one attached hydrogen (secondary N) is 2. The van der Waals surface area contributed by atoms with Gasteiger partial charge >= 0.3 is 11.9 Å². The molecule has 2 heterocycles. The number of hydrogen-bond acceptors (Lipinski definition) is 11. The van der Waals surface area contributed by atoms with Crippen LogP contribution in [0.3, 0.4) is 0 Å². The van der Waals surface area contributed by atoms with Gasteiger partial charge in [0.15, 0.2) is 10.2 Å². The summed E-state index contributed by atoms with van der Waals surface area (Å²) in [5, 5.41) is 4.23. The molecule has 0 radical (unpaired) electrons. The fourth-order valence-electron chi connectivity index (χ4n) is 2.68.